The molecule has 30 heavy (non-hydrogen) atoms. The largest absolute Gasteiger partial charge is 0.296 e. The van der Waals surface area contributed by atoms with Crippen molar-refractivity contribution in [2.45, 2.75) is 11.3 Å². The van der Waals surface area contributed by atoms with E-state index in [2.05, 4.69) is 15.1 Å². The Balaban J connectivity index is 1.81. The highest BCUT2D eigenvalue weighted by atomic mass is 32.2. The lowest BCUT2D eigenvalue weighted by molar-refractivity contribution is 0.111. The molecule has 9 nitrogen and oxygen atoms in total. The second-order valence-corrected chi connectivity index (χ2v) is 8.78. The Labute approximate surface area is 174 Å². The number of nitrogens with two attached hydrogens (primary N) is 1. The molecular weight excluding hydrogens is 426 g/mol. The normalized spacial score (nSPS) is 11.5. The number of primary sulfonamides is 1. The molecule has 3 aromatic heterocycles. The van der Waals surface area contributed by atoms with Crippen LogP contribution in [0.5, 0.6) is 0 Å². The Morgan fingerprint density at radius 3 is 2.57 bits per heavy atom. The van der Waals surface area contributed by atoms with Gasteiger partial charge in [0.2, 0.25) is 15.2 Å². The third kappa shape index (κ3) is 3.85. The van der Waals surface area contributed by atoms with E-state index in [1.165, 1.54) is 16.8 Å². The lowest BCUT2D eigenvalue weighted by atomic mass is 10.0. The molecule has 0 fully saturated rings. The maximum absolute atomic E-state index is 13.2. The number of sulfonamides is 1. The van der Waals surface area contributed by atoms with E-state index in [1.807, 2.05) is 6.07 Å². The van der Waals surface area contributed by atoms with Gasteiger partial charge in [0.15, 0.2) is 6.29 Å². The third-order valence-corrected chi connectivity index (χ3v) is 6.16. The summed E-state index contributed by atoms with van der Waals surface area (Å²) in [5.41, 5.74) is 2.36. The first kappa shape index (κ1) is 19.9. The molecule has 0 saturated heterocycles. The molecular formula is C19H15N5O4S2. The summed E-state index contributed by atoms with van der Waals surface area (Å²) < 4.78 is 24.2. The summed E-state index contributed by atoms with van der Waals surface area (Å²) in [5, 5.41) is 10.1. The monoisotopic (exact) mass is 441 g/mol. The van der Waals surface area contributed by atoms with E-state index in [9.17, 15) is 18.0 Å². The highest BCUT2D eigenvalue weighted by molar-refractivity contribution is 7.89. The number of aromatic amines is 1. The number of hydrogen-bond donors (Lipinski definition) is 2. The first-order valence-electron chi connectivity index (χ1n) is 8.64. The van der Waals surface area contributed by atoms with E-state index in [-0.39, 0.29) is 22.6 Å². The van der Waals surface area contributed by atoms with E-state index in [0.717, 1.165) is 16.9 Å². The van der Waals surface area contributed by atoms with Crippen LogP contribution in [0.3, 0.4) is 0 Å². The minimum absolute atomic E-state index is 0.00519. The van der Waals surface area contributed by atoms with Crippen molar-refractivity contribution in [3.05, 3.63) is 81.3 Å². The van der Waals surface area contributed by atoms with Crippen molar-refractivity contribution < 1.29 is 13.2 Å². The molecule has 1 aromatic carbocycles. The molecule has 0 aliphatic heterocycles. The summed E-state index contributed by atoms with van der Waals surface area (Å²) >= 11 is 1.16. The number of thiazole rings is 1. The van der Waals surface area contributed by atoms with E-state index < -0.39 is 10.0 Å². The number of pyridine rings is 1. The SMILES string of the molecule is NS(=O)(=O)c1ccc(Cc2c(-c3cccnc3)[nH]n(-c3nc(C=O)cs3)c2=O)cc1. The highest BCUT2D eigenvalue weighted by Crippen LogP contribution is 2.23. The number of rotatable bonds is 6. The fourth-order valence-corrected chi connectivity index (χ4v) is 4.20. The zero-order valence-corrected chi connectivity index (χ0v) is 17.0. The Kier molecular flexibility index (Phi) is 5.16. The van der Waals surface area contributed by atoms with Crippen LogP contribution < -0.4 is 10.7 Å². The summed E-state index contributed by atoms with van der Waals surface area (Å²) in [6, 6.07) is 9.58. The molecule has 3 N–H and O–H groups in total. The summed E-state index contributed by atoms with van der Waals surface area (Å²) in [6.07, 6.45) is 4.11. The summed E-state index contributed by atoms with van der Waals surface area (Å²) in [4.78, 5) is 32.4. The molecule has 0 unspecified atom stereocenters. The predicted octanol–water partition coefficient (Wildman–Crippen LogP) is 1.73. The van der Waals surface area contributed by atoms with Gasteiger partial charge in [-0.1, -0.05) is 12.1 Å². The molecule has 0 amide bonds. The fourth-order valence-electron chi connectivity index (χ4n) is 2.95. The fraction of sp³-hybridized carbons (Fsp3) is 0.0526. The molecule has 0 aliphatic carbocycles. The number of nitrogens with zero attached hydrogens (tertiary/aromatic N) is 3. The van der Waals surface area contributed by atoms with Crippen LogP contribution in [0, 0.1) is 0 Å². The van der Waals surface area contributed by atoms with Crippen LogP contribution in [0.1, 0.15) is 21.6 Å². The molecule has 4 aromatic rings. The van der Waals surface area contributed by atoms with Crippen molar-refractivity contribution in [2.24, 2.45) is 5.14 Å². The average molecular weight is 441 g/mol. The molecule has 0 atom stereocenters. The van der Waals surface area contributed by atoms with Crippen molar-refractivity contribution in [1.29, 1.82) is 0 Å². The van der Waals surface area contributed by atoms with Crippen molar-refractivity contribution in [2.75, 3.05) is 0 Å². The lowest BCUT2D eigenvalue weighted by Gasteiger charge is -2.04. The van der Waals surface area contributed by atoms with Crippen LogP contribution in [0.4, 0.5) is 0 Å². The number of H-pyrrole nitrogens is 1. The number of carbonyl (C=O) groups excluding carboxylic acids is 1. The molecule has 152 valence electrons. The van der Waals surface area contributed by atoms with E-state index in [1.54, 1.807) is 36.0 Å². The van der Waals surface area contributed by atoms with E-state index in [4.69, 9.17) is 5.14 Å². The first-order valence-corrected chi connectivity index (χ1v) is 11.1. The zero-order valence-electron chi connectivity index (χ0n) is 15.3. The topological polar surface area (TPSA) is 141 Å². The highest BCUT2D eigenvalue weighted by Gasteiger charge is 2.19. The number of carbonyl (C=O) groups is 1. The van der Waals surface area contributed by atoms with Gasteiger partial charge in [-0.25, -0.2) is 18.5 Å². The average Bonchev–Trinajstić information content (AvgIpc) is 3.33. The van der Waals surface area contributed by atoms with Gasteiger partial charge in [-0.2, -0.15) is 4.68 Å². The lowest BCUT2D eigenvalue weighted by Crippen LogP contribution is -2.17. The van der Waals surface area contributed by atoms with Gasteiger partial charge in [-0.05, 0) is 29.8 Å². The molecule has 4 rings (SSSR count). The second kappa shape index (κ2) is 7.78. The van der Waals surface area contributed by atoms with Crippen LogP contribution in [0.2, 0.25) is 0 Å². The van der Waals surface area contributed by atoms with Gasteiger partial charge in [0, 0.05) is 35.3 Å². The van der Waals surface area contributed by atoms with Gasteiger partial charge in [0.25, 0.3) is 5.56 Å². The Morgan fingerprint density at radius 2 is 1.97 bits per heavy atom. The van der Waals surface area contributed by atoms with Crippen LogP contribution in [-0.4, -0.2) is 34.5 Å². The summed E-state index contributed by atoms with van der Waals surface area (Å²) in [6.45, 7) is 0. The smallest absolute Gasteiger partial charge is 0.277 e. The number of aldehydes is 1. The van der Waals surface area contributed by atoms with Gasteiger partial charge in [0.1, 0.15) is 5.69 Å². The van der Waals surface area contributed by atoms with E-state index >= 15 is 0 Å². The number of aromatic nitrogens is 4. The number of hydrogen-bond acceptors (Lipinski definition) is 7. The quantitative estimate of drug-likeness (QED) is 0.437. The maximum atomic E-state index is 13.2. The van der Waals surface area contributed by atoms with Crippen LogP contribution in [-0.2, 0) is 16.4 Å². The molecule has 0 saturated carbocycles. The first-order chi connectivity index (χ1) is 14.4. The molecule has 0 bridgehead atoms. The molecule has 3 heterocycles. The van der Waals surface area contributed by atoms with Crippen LogP contribution >= 0.6 is 11.3 Å². The Bertz CT molecular complexity index is 1370. The zero-order chi connectivity index (χ0) is 21.3. The van der Waals surface area contributed by atoms with Crippen LogP contribution in [0.25, 0.3) is 16.4 Å². The van der Waals surface area contributed by atoms with Gasteiger partial charge < -0.3 is 0 Å². The van der Waals surface area contributed by atoms with Crippen molar-refractivity contribution in [1.82, 2.24) is 19.7 Å². The Hall–Kier alpha value is -3.41. The van der Waals surface area contributed by atoms with Crippen LogP contribution in [0.15, 0.2) is 63.9 Å². The summed E-state index contributed by atoms with van der Waals surface area (Å²) in [7, 11) is -3.80. The Morgan fingerprint density at radius 1 is 1.20 bits per heavy atom. The standard InChI is InChI=1S/C19H15N5O4S2/c20-30(27,28)15-5-3-12(4-6-15)8-16-17(13-2-1-7-21-9-13)23-24(18(16)26)19-22-14(10-25)11-29-19/h1-7,9-11,23H,8H2,(H2,20,27,28). The minimum atomic E-state index is -3.80. The maximum Gasteiger partial charge on any atom is 0.277 e. The molecule has 0 aliphatic rings. The third-order valence-electron chi connectivity index (χ3n) is 4.39. The van der Waals surface area contributed by atoms with Crippen molar-refractivity contribution >= 4 is 27.6 Å². The molecule has 0 spiro atoms. The number of nitrogens with one attached hydrogen (secondary N) is 1. The van der Waals surface area contributed by atoms with Crippen molar-refractivity contribution in [3.8, 4) is 16.4 Å². The van der Waals surface area contributed by atoms with E-state index in [0.29, 0.717) is 28.2 Å². The van der Waals surface area contributed by atoms with Gasteiger partial charge in [0.05, 0.1) is 10.6 Å². The van der Waals surface area contributed by atoms with Gasteiger partial charge in [-0.15, -0.1) is 11.3 Å². The van der Waals surface area contributed by atoms with Crippen molar-refractivity contribution in [3.63, 3.8) is 0 Å². The predicted molar refractivity (Wildman–Crippen MR) is 111 cm³/mol. The second-order valence-electron chi connectivity index (χ2n) is 6.39. The molecule has 0 radical (unpaired) electrons. The summed E-state index contributed by atoms with van der Waals surface area (Å²) in [5.74, 6) is 0. The van der Waals surface area contributed by atoms with Gasteiger partial charge >= 0.3 is 0 Å². The number of benzene rings is 1. The molecule has 11 heteroatoms. The minimum Gasteiger partial charge on any atom is -0.296 e. The van der Waals surface area contributed by atoms with Gasteiger partial charge in [-0.3, -0.25) is 19.7 Å².